The third kappa shape index (κ3) is 0.548. The van der Waals surface area contributed by atoms with Gasteiger partial charge in [-0.25, -0.2) is 0 Å². The molecule has 0 radical (unpaired) electrons. The van der Waals surface area contributed by atoms with Gasteiger partial charge in [0.05, 0.1) is 0 Å². The van der Waals surface area contributed by atoms with Crippen molar-refractivity contribution in [3.8, 4) is 0 Å². The van der Waals surface area contributed by atoms with E-state index in [2.05, 4.69) is 36.4 Å². The highest BCUT2D eigenvalue weighted by Crippen LogP contribution is 2.33. The minimum atomic E-state index is 1.17. The van der Waals surface area contributed by atoms with E-state index in [1.54, 1.807) is 0 Å². The third-order valence-corrected chi connectivity index (χ3v) is 2.46. The average Bonchev–Trinajstić information content (AvgIpc) is 2.01. The molecule has 0 aromatic heterocycles. The van der Waals surface area contributed by atoms with Crippen molar-refractivity contribution in [2.75, 3.05) is 0 Å². The lowest BCUT2D eigenvalue weighted by Gasteiger charge is -2.19. The molecule has 0 bridgehead atoms. The lowest BCUT2D eigenvalue weighted by atomic mass is 9.85. The summed E-state index contributed by atoms with van der Waals surface area (Å²) < 4.78 is 0. The van der Waals surface area contributed by atoms with Crippen molar-refractivity contribution in [3.63, 3.8) is 0 Å². The van der Waals surface area contributed by atoms with E-state index in [9.17, 15) is 0 Å². The molecule has 0 unspecified atom stereocenters. The highest BCUT2D eigenvalue weighted by molar-refractivity contribution is 5.93. The highest BCUT2D eigenvalue weighted by Gasteiger charge is 2.14. The molecule has 0 heterocycles. The van der Waals surface area contributed by atoms with Gasteiger partial charge in [-0.1, -0.05) is 36.4 Å². The van der Waals surface area contributed by atoms with Crippen LogP contribution in [0.2, 0.25) is 0 Å². The minimum absolute atomic E-state index is 1.17. The van der Waals surface area contributed by atoms with Crippen LogP contribution in [0.5, 0.6) is 0 Å². The first-order valence-corrected chi connectivity index (χ1v) is 3.95. The van der Waals surface area contributed by atoms with Crippen LogP contribution in [0.15, 0.2) is 36.4 Å². The molecule has 1 aliphatic carbocycles. The Morgan fingerprint density at radius 2 is 1.45 bits per heavy atom. The Morgan fingerprint density at radius 1 is 0.818 bits per heavy atom. The van der Waals surface area contributed by atoms with Crippen molar-refractivity contribution in [2.24, 2.45) is 0 Å². The predicted molar refractivity (Wildman–Crippen MR) is 46.8 cm³/mol. The van der Waals surface area contributed by atoms with E-state index >= 15 is 0 Å². The largest absolute Gasteiger partial charge is 0.0613 e. The van der Waals surface area contributed by atoms with Gasteiger partial charge in [0.1, 0.15) is 0 Å². The summed E-state index contributed by atoms with van der Waals surface area (Å²) in [5, 5.41) is 2.89. The Hall–Kier alpha value is -1.30. The van der Waals surface area contributed by atoms with Crippen molar-refractivity contribution < 1.29 is 0 Å². The van der Waals surface area contributed by atoms with E-state index in [0.717, 1.165) is 0 Å². The second-order valence-electron chi connectivity index (χ2n) is 3.11. The van der Waals surface area contributed by atoms with Gasteiger partial charge in [-0.2, -0.15) is 0 Å². The molecular formula is C11H8. The molecule has 0 amide bonds. The van der Waals surface area contributed by atoms with Crippen molar-refractivity contribution in [3.05, 3.63) is 47.5 Å². The molecule has 0 atom stereocenters. The molecule has 0 N–H and O–H groups in total. The fourth-order valence-corrected chi connectivity index (χ4v) is 1.89. The Bertz CT molecular complexity index is 390. The number of rotatable bonds is 0. The van der Waals surface area contributed by atoms with Gasteiger partial charge in [-0.3, -0.25) is 0 Å². The summed E-state index contributed by atoms with van der Waals surface area (Å²) in [5.74, 6) is 0. The maximum Gasteiger partial charge on any atom is -0.00132 e. The lowest BCUT2D eigenvalue weighted by molar-refractivity contribution is 1.16. The lowest BCUT2D eigenvalue weighted by Crippen LogP contribution is -2.01. The van der Waals surface area contributed by atoms with Gasteiger partial charge < -0.3 is 0 Å². The molecule has 0 saturated heterocycles. The molecule has 0 spiro atoms. The molecule has 3 rings (SSSR count). The average molecular weight is 140 g/mol. The van der Waals surface area contributed by atoms with Crippen LogP contribution >= 0.6 is 0 Å². The molecule has 52 valence electrons. The van der Waals surface area contributed by atoms with Crippen LogP contribution in [0, 0.1) is 0 Å². The molecule has 0 nitrogen and oxygen atoms in total. The maximum atomic E-state index is 2.22. The Balaban J connectivity index is 2.61. The molecule has 0 saturated carbocycles. The molecule has 0 fully saturated rings. The zero-order chi connectivity index (χ0) is 7.26. The van der Waals surface area contributed by atoms with Gasteiger partial charge in [0.15, 0.2) is 0 Å². The number of benzene rings is 2. The molecule has 1 aliphatic rings. The molecule has 0 heteroatoms. The van der Waals surface area contributed by atoms with Crippen molar-refractivity contribution in [1.29, 1.82) is 0 Å². The smallest absolute Gasteiger partial charge is 0.00132 e. The summed E-state index contributed by atoms with van der Waals surface area (Å²) in [5.41, 5.74) is 3.02. The van der Waals surface area contributed by atoms with E-state index in [1.165, 1.54) is 28.3 Å². The summed E-state index contributed by atoms with van der Waals surface area (Å²) >= 11 is 0. The Kier molecular flexibility index (Phi) is 0.803. The van der Waals surface area contributed by atoms with Crippen molar-refractivity contribution in [1.82, 2.24) is 0 Å². The quantitative estimate of drug-likeness (QED) is 0.450. The summed E-state index contributed by atoms with van der Waals surface area (Å²) in [6.45, 7) is 0. The van der Waals surface area contributed by atoms with Crippen molar-refractivity contribution >= 4 is 10.8 Å². The Morgan fingerprint density at radius 3 is 2.00 bits per heavy atom. The van der Waals surface area contributed by atoms with Crippen LogP contribution in [-0.4, -0.2) is 0 Å². The molecule has 0 aliphatic heterocycles. The molecule has 11 heavy (non-hydrogen) atoms. The standard InChI is InChI=1S/C11H8/c1-3-8-4-2-6-10-7-9(5-1)11(8)10/h1-6H,7H2. The van der Waals surface area contributed by atoms with Gasteiger partial charge in [-0.15, -0.1) is 0 Å². The summed E-state index contributed by atoms with van der Waals surface area (Å²) in [4.78, 5) is 0. The van der Waals surface area contributed by atoms with Gasteiger partial charge in [0.2, 0.25) is 0 Å². The molecular weight excluding hydrogens is 132 g/mol. The van der Waals surface area contributed by atoms with E-state index in [1.807, 2.05) is 0 Å². The fraction of sp³-hybridized carbons (Fsp3) is 0.0909. The van der Waals surface area contributed by atoms with Crippen molar-refractivity contribution in [2.45, 2.75) is 6.42 Å². The van der Waals surface area contributed by atoms with E-state index < -0.39 is 0 Å². The second-order valence-corrected chi connectivity index (χ2v) is 3.11. The second kappa shape index (κ2) is 1.65. The first kappa shape index (κ1) is 5.36. The first-order chi connectivity index (χ1) is 5.45. The Labute approximate surface area is 65.5 Å². The van der Waals surface area contributed by atoms with Crippen LogP contribution in [0.3, 0.4) is 0 Å². The summed E-state index contributed by atoms with van der Waals surface area (Å²) in [6, 6.07) is 13.1. The zero-order valence-corrected chi connectivity index (χ0v) is 6.17. The van der Waals surface area contributed by atoms with Crippen LogP contribution in [0.25, 0.3) is 10.8 Å². The van der Waals surface area contributed by atoms with E-state index in [-0.39, 0.29) is 0 Å². The van der Waals surface area contributed by atoms with Gasteiger partial charge >= 0.3 is 0 Å². The van der Waals surface area contributed by atoms with Crippen LogP contribution in [0.4, 0.5) is 0 Å². The zero-order valence-electron chi connectivity index (χ0n) is 6.17. The van der Waals surface area contributed by atoms with Gasteiger partial charge in [-0.05, 0) is 28.3 Å². The van der Waals surface area contributed by atoms with Gasteiger partial charge in [0.25, 0.3) is 0 Å². The maximum absolute atomic E-state index is 2.22. The molecule has 2 aromatic carbocycles. The van der Waals surface area contributed by atoms with Crippen LogP contribution in [-0.2, 0) is 6.42 Å². The number of hydrogen-bond acceptors (Lipinski definition) is 0. The van der Waals surface area contributed by atoms with E-state index in [0.29, 0.717) is 0 Å². The fourth-order valence-electron chi connectivity index (χ4n) is 1.89. The molecule has 2 aromatic rings. The highest BCUT2D eigenvalue weighted by atomic mass is 14.2. The van der Waals surface area contributed by atoms with Gasteiger partial charge in [0, 0.05) is 0 Å². The predicted octanol–water partition coefficient (Wildman–Crippen LogP) is 2.74. The van der Waals surface area contributed by atoms with Crippen LogP contribution < -0.4 is 0 Å². The SMILES string of the molecule is c1cc2c3c(cccc3c1)C2. The first-order valence-electron chi connectivity index (χ1n) is 3.95. The minimum Gasteiger partial charge on any atom is -0.0613 e. The van der Waals surface area contributed by atoms with E-state index in [4.69, 9.17) is 0 Å². The third-order valence-electron chi connectivity index (χ3n) is 2.46. The summed E-state index contributed by atoms with van der Waals surface area (Å²) in [6.07, 6.45) is 1.17. The topological polar surface area (TPSA) is 0 Å². The monoisotopic (exact) mass is 140 g/mol. The normalized spacial score (nSPS) is 13.1. The number of hydrogen-bond donors (Lipinski definition) is 0. The van der Waals surface area contributed by atoms with Crippen LogP contribution in [0.1, 0.15) is 11.1 Å². The summed E-state index contributed by atoms with van der Waals surface area (Å²) in [7, 11) is 0.